The van der Waals surface area contributed by atoms with Gasteiger partial charge in [-0.2, -0.15) is 0 Å². The van der Waals surface area contributed by atoms with Crippen LogP contribution in [0, 0.1) is 5.92 Å². The summed E-state index contributed by atoms with van der Waals surface area (Å²) in [5.41, 5.74) is 13.7. The van der Waals surface area contributed by atoms with E-state index in [1.165, 1.54) is 5.56 Å². The molecular weight excluding hydrogens is 198 g/mol. The van der Waals surface area contributed by atoms with Gasteiger partial charge in [-0.25, -0.2) is 0 Å². The van der Waals surface area contributed by atoms with Crippen LogP contribution >= 0.6 is 0 Å². The molecule has 0 amide bonds. The van der Waals surface area contributed by atoms with Gasteiger partial charge in [-0.1, -0.05) is 26.0 Å². The zero-order valence-corrected chi connectivity index (χ0v) is 10.2. The van der Waals surface area contributed by atoms with Crippen LogP contribution in [0.2, 0.25) is 0 Å². The van der Waals surface area contributed by atoms with Crippen LogP contribution in [0.1, 0.15) is 19.4 Å². The van der Waals surface area contributed by atoms with E-state index in [9.17, 15) is 0 Å². The van der Waals surface area contributed by atoms with Crippen LogP contribution < -0.4 is 16.8 Å². The van der Waals surface area contributed by atoms with Crippen LogP contribution in [0.3, 0.4) is 0 Å². The standard InChI is InChI=1S/C13H23N3/c1-10(2)7-11-3-5-13(6-4-11)16-9-12(15)8-14/h3-6,10,12,16H,7-9,14-15H2,1-2H3. The highest BCUT2D eigenvalue weighted by Gasteiger charge is 2.00. The van der Waals surface area contributed by atoms with Gasteiger partial charge >= 0.3 is 0 Å². The summed E-state index contributed by atoms with van der Waals surface area (Å²) in [4.78, 5) is 0. The number of hydrogen-bond donors (Lipinski definition) is 3. The highest BCUT2D eigenvalue weighted by molar-refractivity contribution is 5.44. The van der Waals surface area contributed by atoms with E-state index in [-0.39, 0.29) is 6.04 Å². The van der Waals surface area contributed by atoms with Crippen LogP contribution in [-0.2, 0) is 6.42 Å². The van der Waals surface area contributed by atoms with Gasteiger partial charge in [0, 0.05) is 24.8 Å². The molecule has 1 aromatic carbocycles. The summed E-state index contributed by atoms with van der Waals surface area (Å²) >= 11 is 0. The molecule has 1 unspecified atom stereocenters. The zero-order valence-electron chi connectivity index (χ0n) is 10.2. The van der Waals surface area contributed by atoms with Gasteiger partial charge in [-0.3, -0.25) is 0 Å². The van der Waals surface area contributed by atoms with Crippen molar-refractivity contribution in [3.05, 3.63) is 29.8 Å². The average Bonchev–Trinajstić information content (AvgIpc) is 2.27. The summed E-state index contributed by atoms with van der Waals surface area (Å²) in [7, 11) is 0. The predicted octanol–water partition coefficient (Wildman–Crippen LogP) is 1.58. The number of rotatable bonds is 6. The maximum absolute atomic E-state index is 5.73. The van der Waals surface area contributed by atoms with Gasteiger partial charge in [-0.15, -0.1) is 0 Å². The molecule has 1 atom stereocenters. The molecular formula is C13H23N3. The van der Waals surface area contributed by atoms with Gasteiger partial charge in [0.15, 0.2) is 0 Å². The van der Waals surface area contributed by atoms with Gasteiger partial charge < -0.3 is 16.8 Å². The van der Waals surface area contributed by atoms with E-state index in [1.54, 1.807) is 0 Å². The fourth-order valence-electron chi connectivity index (χ4n) is 1.56. The van der Waals surface area contributed by atoms with Crippen molar-refractivity contribution in [2.24, 2.45) is 17.4 Å². The Morgan fingerprint density at radius 2 is 1.81 bits per heavy atom. The van der Waals surface area contributed by atoms with E-state index in [4.69, 9.17) is 11.5 Å². The fourth-order valence-corrected chi connectivity index (χ4v) is 1.56. The van der Waals surface area contributed by atoms with E-state index in [0.29, 0.717) is 12.5 Å². The third kappa shape index (κ3) is 4.64. The van der Waals surface area contributed by atoms with Crippen molar-refractivity contribution < 1.29 is 0 Å². The van der Waals surface area contributed by atoms with Crippen molar-refractivity contribution >= 4 is 5.69 Å². The molecule has 0 aliphatic heterocycles. The molecule has 0 fully saturated rings. The monoisotopic (exact) mass is 221 g/mol. The number of benzene rings is 1. The molecule has 3 heteroatoms. The first-order valence-corrected chi connectivity index (χ1v) is 5.90. The van der Waals surface area contributed by atoms with Crippen molar-refractivity contribution in [2.45, 2.75) is 26.3 Å². The van der Waals surface area contributed by atoms with Crippen molar-refractivity contribution in [1.82, 2.24) is 0 Å². The summed E-state index contributed by atoms with van der Waals surface area (Å²) in [5, 5.41) is 3.27. The quantitative estimate of drug-likeness (QED) is 0.683. The molecule has 0 bridgehead atoms. The Labute approximate surface area is 98.2 Å². The van der Waals surface area contributed by atoms with Crippen molar-refractivity contribution in [2.75, 3.05) is 18.4 Å². The van der Waals surface area contributed by atoms with Gasteiger partial charge in [0.25, 0.3) is 0 Å². The lowest BCUT2D eigenvalue weighted by Gasteiger charge is -2.12. The lowest BCUT2D eigenvalue weighted by molar-refractivity contribution is 0.647. The van der Waals surface area contributed by atoms with Crippen LogP contribution in [0.15, 0.2) is 24.3 Å². The molecule has 16 heavy (non-hydrogen) atoms. The first-order valence-electron chi connectivity index (χ1n) is 5.90. The number of nitrogens with two attached hydrogens (primary N) is 2. The van der Waals surface area contributed by atoms with Gasteiger partial charge in [-0.05, 0) is 30.0 Å². The van der Waals surface area contributed by atoms with E-state index < -0.39 is 0 Å². The molecule has 0 heterocycles. The molecule has 0 aliphatic carbocycles. The predicted molar refractivity (Wildman–Crippen MR) is 70.5 cm³/mol. The second kappa shape index (κ2) is 6.51. The zero-order chi connectivity index (χ0) is 12.0. The molecule has 0 saturated carbocycles. The second-order valence-electron chi connectivity index (χ2n) is 4.67. The average molecular weight is 221 g/mol. The molecule has 1 rings (SSSR count). The van der Waals surface area contributed by atoms with Crippen molar-refractivity contribution in [3.63, 3.8) is 0 Å². The molecule has 3 nitrogen and oxygen atoms in total. The topological polar surface area (TPSA) is 64.1 Å². The van der Waals surface area contributed by atoms with Gasteiger partial charge in [0.2, 0.25) is 0 Å². The lowest BCUT2D eigenvalue weighted by Crippen LogP contribution is -2.36. The summed E-state index contributed by atoms with van der Waals surface area (Å²) in [6, 6.07) is 8.55. The smallest absolute Gasteiger partial charge is 0.0340 e. The summed E-state index contributed by atoms with van der Waals surface area (Å²) < 4.78 is 0. The van der Waals surface area contributed by atoms with Gasteiger partial charge in [0.05, 0.1) is 0 Å². The molecule has 0 aromatic heterocycles. The Hall–Kier alpha value is -1.06. The fraction of sp³-hybridized carbons (Fsp3) is 0.538. The summed E-state index contributed by atoms with van der Waals surface area (Å²) in [5.74, 6) is 0.699. The minimum absolute atomic E-state index is 0.0235. The van der Waals surface area contributed by atoms with E-state index in [0.717, 1.165) is 18.7 Å². The molecule has 0 aliphatic rings. The minimum atomic E-state index is 0.0235. The molecule has 1 aromatic rings. The second-order valence-corrected chi connectivity index (χ2v) is 4.67. The largest absolute Gasteiger partial charge is 0.383 e. The third-order valence-corrected chi connectivity index (χ3v) is 2.47. The summed E-state index contributed by atoms with van der Waals surface area (Å²) in [6.07, 6.45) is 1.13. The van der Waals surface area contributed by atoms with E-state index >= 15 is 0 Å². The molecule has 5 N–H and O–H groups in total. The SMILES string of the molecule is CC(C)Cc1ccc(NCC(N)CN)cc1. The minimum Gasteiger partial charge on any atom is -0.383 e. The van der Waals surface area contributed by atoms with Gasteiger partial charge in [0.1, 0.15) is 0 Å². The molecule has 0 radical (unpaired) electrons. The number of nitrogens with one attached hydrogen (secondary N) is 1. The molecule has 90 valence electrons. The van der Waals surface area contributed by atoms with Crippen LogP contribution in [0.25, 0.3) is 0 Å². The van der Waals surface area contributed by atoms with E-state index in [2.05, 4.69) is 43.4 Å². The maximum atomic E-state index is 5.73. The Morgan fingerprint density at radius 3 is 2.31 bits per heavy atom. The van der Waals surface area contributed by atoms with E-state index in [1.807, 2.05) is 0 Å². The number of hydrogen-bond acceptors (Lipinski definition) is 3. The van der Waals surface area contributed by atoms with Crippen LogP contribution in [-0.4, -0.2) is 19.1 Å². The van der Waals surface area contributed by atoms with Crippen molar-refractivity contribution in [3.8, 4) is 0 Å². The first-order chi connectivity index (χ1) is 7.61. The maximum Gasteiger partial charge on any atom is 0.0340 e. The highest BCUT2D eigenvalue weighted by Crippen LogP contribution is 2.12. The molecule has 0 saturated heterocycles. The van der Waals surface area contributed by atoms with Crippen LogP contribution in [0.4, 0.5) is 5.69 Å². The number of anilines is 1. The third-order valence-electron chi connectivity index (χ3n) is 2.47. The van der Waals surface area contributed by atoms with Crippen molar-refractivity contribution in [1.29, 1.82) is 0 Å². The first kappa shape index (κ1) is 13.0. The normalized spacial score (nSPS) is 12.8. The Balaban J connectivity index is 2.45. The van der Waals surface area contributed by atoms with Crippen LogP contribution in [0.5, 0.6) is 0 Å². The summed E-state index contributed by atoms with van der Waals surface area (Å²) in [6.45, 7) is 5.69. The molecule has 0 spiro atoms. The highest BCUT2D eigenvalue weighted by atomic mass is 14.9. The Morgan fingerprint density at radius 1 is 1.19 bits per heavy atom. The lowest BCUT2D eigenvalue weighted by atomic mass is 10.0. The Bertz CT molecular complexity index is 293. The Kier molecular flexibility index (Phi) is 5.29.